The Morgan fingerprint density at radius 3 is 3.00 bits per heavy atom. The summed E-state index contributed by atoms with van der Waals surface area (Å²) < 4.78 is 1.53. The molecular weight excluding hydrogens is 270 g/mol. The van der Waals surface area contributed by atoms with Gasteiger partial charge in [0.15, 0.2) is 0 Å². The highest BCUT2D eigenvalue weighted by atomic mass is 32.2. The van der Waals surface area contributed by atoms with Crippen molar-refractivity contribution in [2.75, 3.05) is 12.3 Å². The molecule has 0 bridgehead atoms. The first-order valence-corrected chi connectivity index (χ1v) is 8.50. The van der Waals surface area contributed by atoms with Crippen molar-refractivity contribution in [2.45, 2.75) is 17.7 Å². The molecule has 0 saturated heterocycles. The molecule has 1 aromatic rings. The molecule has 3 aliphatic heterocycles. The summed E-state index contributed by atoms with van der Waals surface area (Å²) in [5.74, 6) is 1.24. The fourth-order valence-electron chi connectivity index (χ4n) is 2.90. The van der Waals surface area contributed by atoms with Crippen LogP contribution in [0.1, 0.15) is 18.4 Å². The Bertz CT molecular complexity index is 625. The van der Waals surface area contributed by atoms with Gasteiger partial charge in [-0.05, 0) is 53.5 Å². The second-order valence-electron chi connectivity index (χ2n) is 4.89. The Morgan fingerprint density at radius 2 is 2.00 bits per heavy atom. The summed E-state index contributed by atoms with van der Waals surface area (Å²) >= 11 is 4.00. The second-order valence-corrected chi connectivity index (χ2v) is 7.31. The maximum absolute atomic E-state index is 3.38. The first-order valence-electron chi connectivity index (χ1n) is 6.70. The van der Waals surface area contributed by atoms with Crippen molar-refractivity contribution in [3.05, 3.63) is 57.5 Å². The topological polar surface area (TPSA) is 12.0 Å². The number of allylic oxidation sites excluding steroid dienone is 3. The number of nitrogens with one attached hydrogen (secondary N) is 1. The average Bonchev–Trinajstić information content (AvgIpc) is 2.70. The van der Waals surface area contributed by atoms with E-state index >= 15 is 0 Å². The highest BCUT2D eigenvalue weighted by Crippen LogP contribution is 2.51. The van der Waals surface area contributed by atoms with Gasteiger partial charge in [-0.1, -0.05) is 30.0 Å². The molecule has 1 aromatic carbocycles. The molecule has 19 heavy (non-hydrogen) atoms. The van der Waals surface area contributed by atoms with E-state index < -0.39 is 0 Å². The molecule has 0 aliphatic carbocycles. The Kier molecular flexibility index (Phi) is 2.97. The van der Waals surface area contributed by atoms with Crippen LogP contribution in [0.4, 0.5) is 0 Å². The number of hydrogen-bond acceptors (Lipinski definition) is 3. The Morgan fingerprint density at radius 1 is 1.05 bits per heavy atom. The minimum atomic E-state index is 1.05. The lowest BCUT2D eigenvalue weighted by Crippen LogP contribution is -2.06. The van der Waals surface area contributed by atoms with Crippen LogP contribution in [-0.2, 0) is 0 Å². The third-order valence-corrected chi connectivity index (χ3v) is 6.32. The van der Waals surface area contributed by atoms with E-state index in [2.05, 4.69) is 41.9 Å². The van der Waals surface area contributed by atoms with Crippen LogP contribution in [0.5, 0.6) is 0 Å². The molecule has 0 atom stereocenters. The molecule has 0 spiro atoms. The molecule has 0 unspecified atom stereocenters. The summed E-state index contributed by atoms with van der Waals surface area (Å²) in [5, 5.41) is 3.38. The van der Waals surface area contributed by atoms with Crippen molar-refractivity contribution in [1.82, 2.24) is 5.32 Å². The van der Waals surface area contributed by atoms with Crippen LogP contribution in [0.15, 0.2) is 56.8 Å². The highest BCUT2D eigenvalue weighted by Gasteiger charge is 2.26. The van der Waals surface area contributed by atoms with Crippen LogP contribution >= 0.6 is 23.5 Å². The lowest BCUT2D eigenvalue weighted by molar-refractivity contribution is 0.833. The van der Waals surface area contributed by atoms with Crippen LogP contribution in [0.3, 0.4) is 0 Å². The Hall–Kier alpha value is -1.06. The van der Waals surface area contributed by atoms with E-state index in [1.54, 1.807) is 11.1 Å². The third kappa shape index (κ3) is 1.96. The van der Waals surface area contributed by atoms with Gasteiger partial charge >= 0.3 is 0 Å². The Balaban J connectivity index is 1.99. The van der Waals surface area contributed by atoms with Crippen LogP contribution in [-0.4, -0.2) is 12.3 Å². The Labute approximate surface area is 122 Å². The smallest absolute Gasteiger partial charge is 0.0485 e. The van der Waals surface area contributed by atoms with E-state index in [9.17, 15) is 0 Å². The van der Waals surface area contributed by atoms with E-state index in [0.29, 0.717) is 0 Å². The molecule has 0 amide bonds. The van der Waals surface area contributed by atoms with Crippen LogP contribution < -0.4 is 5.32 Å². The zero-order chi connectivity index (χ0) is 12.7. The van der Waals surface area contributed by atoms with E-state index in [0.717, 1.165) is 13.0 Å². The molecule has 3 aliphatic rings. The van der Waals surface area contributed by atoms with Crippen LogP contribution in [0.25, 0.3) is 5.57 Å². The largest absolute Gasteiger partial charge is 0.391 e. The normalized spacial score (nSPS) is 21.3. The number of benzene rings is 1. The lowest BCUT2D eigenvalue weighted by atomic mass is 9.92. The molecule has 3 heteroatoms. The summed E-state index contributed by atoms with van der Waals surface area (Å²) in [6, 6.07) is 8.82. The van der Waals surface area contributed by atoms with E-state index in [4.69, 9.17) is 0 Å². The van der Waals surface area contributed by atoms with Crippen molar-refractivity contribution in [1.29, 1.82) is 0 Å². The van der Waals surface area contributed by atoms with Crippen LogP contribution in [0.2, 0.25) is 0 Å². The van der Waals surface area contributed by atoms with Gasteiger partial charge in [-0.3, -0.25) is 0 Å². The molecule has 0 saturated carbocycles. The predicted molar refractivity (Wildman–Crippen MR) is 85.1 cm³/mol. The van der Waals surface area contributed by atoms with Gasteiger partial charge in [-0.25, -0.2) is 0 Å². The molecule has 4 rings (SSSR count). The summed E-state index contributed by atoms with van der Waals surface area (Å²) in [6.07, 6.45) is 6.74. The first kappa shape index (κ1) is 11.7. The van der Waals surface area contributed by atoms with Gasteiger partial charge in [-0.15, -0.1) is 11.8 Å². The van der Waals surface area contributed by atoms with E-state index in [-0.39, 0.29) is 0 Å². The minimum absolute atomic E-state index is 1.05. The molecule has 0 aromatic heterocycles. The maximum Gasteiger partial charge on any atom is 0.0485 e. The van der Waals surface area contributed by atoms with Crippen molar-refractivity contribution in [2.24, 2.45) is 0 Å². The molecule has 1 N–H and O–H groups in total. The third-order valence-electron chi connectivity index (χ3n) is 3.79. The first-order chi connectivity index (χ1) is 9.43. The molecule has 96 valence electrons. The minimum Gasteiger partial charge on any atom is -0.391 e. The van der Waals surface area contributed by atoms with Gasteiger partial charge in [0, 0.05) is 21.4 Å². The zero-order valence-corrected chi connectivity index (χ0v) is 12.2. The summed E-state index contributed by atoms with van der Waals surface area (Å²) in [7, 11) is 0. The van der Waals surface area contributed by atoms with Crippen molar-refractivity contribution in [3.8, 4) is 0 Å². The fourth-order valence-corrected chi connectivity index (χ4v) is 5.53. The fraction of sp³-hybridized carbons (Fsp3) is 0.250. The van der Waals surface area contributed by atoms with Gasteiger partial charge in [0.1, 0.15) is 0 Å². The van der Waals surface area contributed by atoms with Crippen molar-refractivity contribution < 1.29 is 0 Å². The molecule has 0 radical (unpaired) electrons. The average molecular weight is 285 g/mol. The zero-order valence-electron chi connectivity index (χ0n) is 10.6. The van der Waals surface area contributed by atoms with Crippen molar-refractivity contribution >= 4 is 29.1 Å². The van der Waals surface area contributed by atoms with Gasteiger partial charge in [-0.2, -0.15) is 0 Å². The van der Waals surface area contributed by atoms with Gasteiger partial charge < -0.3 is 5.32 Å². The standard InChI is InChI=1S/C16H15NS2/c1-2-4-15-13(3-1)11-5-8-17-9-6-12(11)14-7-10-18-16(14)19-15/h1-5,8,17H,6-7,9-10H2. The number of hydrogen-bond donors (Lipinski definition) is 1. The highest BCUT2D eigenvalue weighted by molar-refractivity contribution is 8.22. The number of rotatable bonds is 0. The summed E-state index contributed by atoms with van der Waals surface area (Å²) in [5.41, 5.74) is 6.01. The van der Waals surface area contributed by atoms with Gasteiger partial charge in [0.05, 0.1) is 0 Å². The monoisotopic (exact) mass is 285 g/mol. The van der Waals surface area contributed by atoms with E-state index in [1.807, 2.05) is 23.5 Å². The number of thioether (sulfide) groups is 2. The predicted octanol–water partition coefficient (Wildman–Crippen LogP) is 4.40. The summed E-state index contributed by atoms with van der Waals surface area (Å²) in [6.45, 7) is 1.05. The van der Waals surface area contributed by atoms with Crippen LogP contribution in [0, 0.1) is 0 Å². The molecule has 0 fully saturated rings. The van der Waals surface area contributed by atoms with Gasteiger partial charge in [0.25, 0.3) is 0 Å². The maximum atomic E-state index is 3.38. The molecule has 3 heterocycles. The molecular formula is C16H15NS2. The molecule has 1 nitrogen and oxygen atoms in total. The number of fused-ring (bicyclic) bond motifs is 3. The van der Waals surface area contributed by atoms with E-state index in [1.165, 1.54) is 32.4 Å². The van der Waals surface area contributed by atoms with Crippen molar-refractivity contribution in [3.63, 3.8) is 0 Å². The van der Waals surface area contributed by atoms with Gasteiger partial charge in [0.2, 0.25) is 0 Å². The lowest BCUT2D eigenvalue weighted by Gasteiger charge is -2.11. The second kappa shape index (κ2) is 4.80. The SMILES string of the molecule is C1=CC2=C(CCN1)C1=C(SCC1)Sc1ccccc12. The quantitative estimate of drug-likeness (QED) is 0.758. The summed E-state index contributed by atoms with van der Waals surface area (Å²) in [4.78, 5) is 1.40.